The van der Waals surface area contributed by atoms with Crippen LogP contribution in [0, 0.1) is 12.8 Å². The Balaban J connectivity index is 1.84. The lowest BCUT2D eigenvalue weighted by Gasteiger charge is -2.11. The fourth-order valence-corrected chi connectivity index (χ4v) is 2.43. The lowest BCUT2D eigenvalue weighted by atomic mass is 10.0. The molecule has 1 saturated heterocycles. The summed E-state index contributed by atoms with van der Waals surface area (Å²) in [6, 6.07) is 5.57. The van der Waals surface area contributed by atoms with Gasteiger partial charge in [-0.15, -0.1) is 0 Å². The monoisotopic (exact) mass is 266 g/mol. The van der Waals surface area contributed by atoms with E-state index in [9.17, 15) is 4.79 Å². The van der Waals surface area contributed by atoms with Crippen molar-refractivity contribution in [2.75, 3.05) is 18.4 Å². The zero-order chi connectivity index (χ0) is 13.0. The van der Waals surface area contributed by atoms with Gasteiger partial charge in [-0.05, 0) is 56.5 Å². The van der Waals surface area contributed by atoms with E-state index >= 15 is 0 Å². The van der Waals surface area contributed by atoms with Crippen LogP contribution in [0.2, 0.25) is 5.02 Å². The molecule has 1 aromatic carbocycles. The summed E-state index contributed by atoms with van der Waals surface area (Å²) in [7, 11) is 0. The van der Waals surface area contributed by atoms with Crippen molar-refractivity contribution >= 4 is 23.2 Å². The van der Waals surface area contributed by atoms with E-state index in [1.165, 1.54) is 6.42 Å². The first kappa shape index (κ1) is 13.4. The zero-order valence-corrected chi connectivity index (χ0v) is 11.4. The van der Waals surface area contributed by atoms with Gasteiger partial charge in [0.25, 0.3) is 0 Å². The van der Waals surface area contributed by atoms with Gasteiger partial charge in [-0.3, -0.25) is 4.79 Å². The molecule has 0 radical (unpaired) electrons. The van der Waals surface area contributed by atoms with E-state index in [0.717, 1.165) is 30.8 Å². The van der Waals surface area contributed by atoms with E-state index < -0.39 is 0 Å². The minimum Gasteiger partial charge on any atom is -0.326 e. The molecule has 2 rings (SSSR count). The van der Waals surface area contributed by atoms with Crippen molar-refractivity contribution in [3.63, 3.8) is 0 Å². The molecule has 4 heteroatoms. The molecule has 1 amide bonds. The molecule has 3 nitrogen and oxygen atoms in total. The van der Waals surface area contributed by atoms with Crippen molar-refractivity contribution in [2.24, 2.45) is 5.92 Å². The third-order valence-electron chi connectivity index (χ3n) is 3.48. The molecule has 1 heterocycles. The number of amides is 1. The number of carbonyl (C=O) groups is 1. The highest BCUT2D eigenvalue weighted by Crippen LogP contribution is 2.23. The van der Waals surface area contributed by atoms with Crippen LogP contribution in [0.1, 0.15) is 24.8 Å². The van der Waals surface area contributed by atoms with Crippen molar-refractivity contribution in [1.29, 1.82) is 0 Å². The lowest BCUT2D eigenvalue weighted by molar-refractivity contribution is -0.116. The standard InChI is InChI=1S/C14H19ClN2O/c1-10-12(15)3-2-4-13(10)17-14(18)6-5-11-7-8-16-9-11/h2-4,11,16H,5-9H2,1H3,(H,17,18). The Bertz CT molecular complexity index is 428. The number of hydrogen-bond acceptors (Lipinski definition) is 2. The summed E-state index contributed by atoms with van der Waals surface area (Å²) in [6.45, 7) is 4.04. The summed E-state index contributed by atoms with van der Waals surface area (Å²) in [6.07, 6.45) is 2.72. The first-order chi connectivity index (χ1) is 8.66. The third kappa shape index (κ3) is 3.47. The van der Waals surface area contributed by atoms with E-state index in [1.807, 2.05) is 25.1 Å². The molecule has 98 valence electrons. The van der Waals surface area contributed by atoms with Crippen molar-refractivity contribution in [2.45, 2.75) is 26.2 Å². The largest absolute Gasteiger partial charge is 0.326 e. The molecule has 1 atom stereocenters. The van der Waals surface area contributed by atoms with Gasteiger partial charge in [0.05, 0.1) is 0 Å². The van der Waals surface area contributed by atoms with Crippen LogP contribution in [0.25, 0.3) is 0 Å². The lowest BCUT2D eigenvalue weighted by Crippen LogP contribution is -2.15. The Hall–Kier alpha value is -1.06. The fraction of sp³-hybridized carbons (Fsp3) is 0.500. The van der Waals surface area contributed by atoms with E-state index in [4.69, 9.17) is 11.6 Å². The number of rotatable bonds is 4. The summed E-state index contributed by atoms with van der Waals surface area (Å²) in [5.74, 6) is 0.725. The van der Waals surface area contributed by atoms with Crippen molar-refractivity contribution in [1.82, 2.24) is 5.32 Å². The van der Waals surface area contributed by atoms with Crippen molar-refractivity contribution in [3.05, 3.63) is 28.8 Å². The molecule has 1 fully saturated rings. The highest BCUT2D eigenvalue weighted by Gasteiger charge is 2.16. The van der Waals surface area contributed by atoms with Gasteiger partial charge < -0.3 is 10.6 Å². The van der Waals surface area contributed by atoms with E-state index in [0.29, 0.717) is 17.4 Å². The summed E-state index contributed by atoms with van der Waals surface area (Å²) in [5.41, 5.74) is 1.74. The SMILES string of the molecule is Cc1c(Cl)cccc1NC(=O)CCC1CCNC1. The predicted molar refractivity (Wildman–Crippen MR) is 75.0 cm³/mol. The van der Waals surface area contributed by atoms with Gasteiger partial charge in [0.1, 0.15) is 0 Å². The maximum absolute atomic E-state index is 11.9. The van der Waals surface area contributed by atoms with Crippen LogP contribution >= 0.6 is 11.6 Å². The van der Waals surface area contributed by atoms with Crippen LogP contribution in [0.5, 0.6) is 0 Å². The number of benzene rings is 1. The molecule has 0 spiro atoms. The van der Waals surface area contributed by atoms with E-state index in [1.54, 1.807) is 0 Å². The predicted octanol–water partition coefficient (Wildman–Crippen LogP) is 2.98. The van der Waals surface area contributed by atoms with Gasteiger partial charge in [0.15, 0.2) is 0 Å². The van der Waals surface area contributed by atoms with Gasteiger partial charge in [0.2, 0.25) is 5.91 Å². The molecule has 1 aliphatic heterocycles. The average Bonchev–Trinajstić information content (AvgIpc) is 2.86. The van der Waals surface area contributed by atoms with E-state index in [2.05, 4.69) is 10.6 Å². The van der Waals surface area contributed by atoms with Crippen LogP contribution in [-0.2, 0) is 4.79 Å². The highest BCUT2D eigenvalue weighted by molar-refractivity contribution is 6.31. The topological polar surface area (TPSA) is 41.1 Å². The fourth-order valence-electron chi connectivity index (χ4n) is 2.25. The first-order valence-electron chi connectivity index (χ1n) is 6.42. The molecular formula is C14H19ClN2O. The summed E-state index contributed by atoms with van der Waals surface area (Å²) in [5, 5.41) is 6.93. The van der Waals surface area contributed by atoms with E-state index in [-0.39, 0.29) is 5.91 Å². The second-order valence-electron chi connectivity index (χ2n) is 4.86. The highest BCUT2D eigenvalue weighted by atomic mass is 35.5. The van der Waals surface area contributed by atoms with Gasteiger partial charge in [-0.1, -0.05) is 17.7 Å². The number of hydrogen-bond donors (Lipinski definition) is 2. The van der Waals surface area contributed by atoms with Gasteiger partial charge >= 0.3 is 0 Å². The Morgan fingerprint density at radius 2 is 2.39 bits per heavy atom. The average molecular weight is 267 g/mol. The maximum Gasteiger partial charge on any atom is 0.224 e. The van der Waals surface area contributed by atoms with Crippen LogP contribution in [0.15, 0.2) is 18.2 Å². The maximum atomic E-state index is 11.9. The zero-order valence-electron chi connectivity index (χ0n) is 10.6. The molecule has 0 saturated carbocycles. The molecule has 0 bridgehead atoms. The van der Waals surface area contributed by atoms with Crippen LogP contribution in [0.3, 0.4) is 0 Å². The quantitative estimate of drug-likeness (QED) is 0.880. The molecule has 1 aromatic rings. The van der Waals surface area contributed by atoms with Crippen LogP contribution < -0.4 is 10.6 Å². The van der Waals surface area contributed by atoms with Gasteiger partial charge in [-0.25, -0.2) is 0 Å². The Labute approximate surface area is 113 Å². The Morgan fingerprint density at radius 1 is 1.56 bits per heavy atom. The van der Waals surface area contributed by atoms with Crippen LogP contribution in [-0.4, -0.2) is 19.0 Å². The first-order valence-corrected chi connectivity index (χ1v) is 6.80. The summed E-state index contributed by atoms with van der Waals surface area (Å²) >= 11 is 6.02. The molecule has 1 unspecified atom stereocenters. The van der Waals surface area contributed by atoms with Crippen LogP contribution in [0.4, 0.5) is 5.69 Å². The molecule has 1 aliphatic rings. The smallest absolute Gasteiger partial charge is 0.224 e. The second kappa shape index (κ2) is 6.21. The molecule has 0 aliphatic carbocycles. The Kier molecular flexibility index (Phi) is 4.61. The molecule has 18 heavy (non-hydrogen) atoms. The van der Waals surface area contributed by atoms with Gasteiger partial charge in [0, 0.05) is 17.1 Å². The van der Waals surface area contributed by atoms with Crippen molar-refractivity contribution in [3.8, 4) is 0 Å². The summed E-state index contributed by atoms with van der Waals surface area (Å²) in [4.78, 5) is 11.9. The minimum atomic E-state index is 0.0762. The number of anilines is 1. The molecule has 0 aromatic heterocycles. The number of halogens is 1. The third-order valence-corrected chi connectivity index (χ3v) is 3.89. The second-order valence-corrected chi connectivity index (χ2v) is 5.27. The normalized spacial score (nSPS) is 18.9. The molecular weight excluding hydrogens is 248 g/mol. The minimum absolute atomic E-state index is 0.0762. The number of carbonyl (C=O) groups excluding carboxylic acids is 1. The summed E-state index contributed by atoms with van der Waals surface area (Å²) < 4.78 is 0. The van der Waals surface area contributed by atoms with Crippen molar-refractivity contribution < 1.29 is 4.79 Å². The van der Waals surface area contributed by atoms with Gasteiger partial charge in [-0.2, -0.15) is 0 Å². The molecule has 2 N–H and O–H groups in total. The number of nitrogens with one attached hydrogen (secondary N) is 2. The Morgan fingerprint density at radius 3 is 3.11 bits per heavy atom.